The van der Waals surface area contributed by atoms with Gasteiger partial charge in [-0.1, -0.05) is 0 Å². The van der Waals surface area contributed by atoms with Gasteiger partial charge in [0.25, 0.3) is 5.91 Å². The first kappa shape index (κ1) is 13.7. The van der Waals surface area contributed by atoms with E-state index in [1.807, 2.05) is 6.92 Å². The zero-order chi connectivity index (χ0) is 14.0. The Morgan fingerprint density at radius 2 is 2.11 bits per heavy atom. The highest BCUT2D eigenvalue weighted by Gasteiger charge is 2.24. The quantitative estimate of drug-likeness (QED) is 0.822. The minimum atomic E-state index is -0.929. The highest BCUT2D eigenvalue weighted by molar-refractivity contribution is 5.94. The molecule has 1 aliphatic rings. The fourth-order valence-corrected chi connectivity index (χ4v) is 2.07. The Hall–Kier alpha value is -1.69. The molecule has 0 saturated carbocycles. The van der Waals surface area contributed by atoms with Gasteiger partial charge in [0.2, 0.25) is 0 Å². The first-order chi connectivity index (χ1) is 8.99. The van der Waals surface area contributed by atoms with Crippen LogP contribution in [0.25, 0.3) is 0 Å². The molecule has 0 radical (unpaired) electrons. The monoisotopic (exact) mass is 270 g/mol. The Morgan fingerprint density at radius 1 is 1.47 bits per heavy atom. The van der Waals surface area contributed by atoms with Crippen molar-refractivity contribution >= 4 is 11.6 Å². The number of carbonyl (C=O) groups is 1. The Balaban J connectivity index is 2.07. The summed E-state index contributed by atoms with van der Waals surface area (Å²) in [5.74, 6) is -2.14. The number of nitrogens with two attached hydrogens (primary N) is 1. The van der Waals surface area contributed by atoms with Crippen LogP contribution in [0, 0.1) is 17.6 Å². The maximum atomic E-state index is 13.3. The SMILES string of the molecule is CC(NC(=O)c1cc(F)c(N)c(F)c1)C1CCOC1. The summed E-state index contributed by atoms with van der Waals surface area (Å²) in [7, 11) is 0. The molecule has 3 N–H and O–H groups in total. The highest BCUT2D eigenvalue weighted by atomic mass is 19.1. The molecule has 1 heterocycles. The van der Waals surface area contributed by atoms with Gasteiger partial charge in [-0.2, -0.15) is 0 Å². The zero-order valence-electron chi connectivity index (χ0n) is 10.6. The fraction of sp³-hybridized carbons (Fsp3) is 0.462. The molecule has 2 atom stereocenters. The molecule has 1 aromatic rings. The van der Waals surface area contributed by atoms with Crippen LogP contribution in [0.15, 0.2) is 12.1 Å². The lowest BCUT2D eigenvalue weighted by molar-refractivity contribution is 0.0921. The largest absolute Gasteiger partial charge is 0.394 e. The van der Waals surface area contributed by atoms with E-state index in [1.165, 1.54) is 0 Å². The van der Waals surface area contributed by atoms with Gasteiger partial charge in [-0.25, -0.2) is 8.78 Å². The van der Waals surface area contributed by atoms with Crippen molar-refractivity contribution < 1.29 is 18.3 Å². The van der Waals surface area contributed by atoms with Crippen molar-refractivity contribution in [3.63, 3.8) is 0 Å². The normalized spacial score (nSPS) is 20.3. The van der Waals surface area contributed by atoms with Crippen molar-refractivity contribution in [2.24, 2.45) is 5.92 Å². The van der Waals surface area contributed by atoms with Crippen molar-refractivity contribution in [1.29, 1.82) is 0 Å². The van der Waals surface area contributed by atoms with Crippen LogP contribution in [0.2, 0.25) is 0 Å². The predicted molar refractivity (Wildman–Crippen MR) is 66.6 cm³/mol. The third-order valence-electron chi connectivity index (χ3n) is 3.37. The molecular formula is C13H16F2N2O2. The smallest absolute Gasteiger partial charge is 0.251 e. The topological polar surface area (TPSA) is 64.4 Å². The van der Waals surface area contributed by atoms with E-state index in [1.54, 1.807) is 0 Å². The predicted octanol–water partition coefficient (Wildman–Crippen LogP) is 1.70. The van der Waals surface area contributed by atoms with Gasteiger partial charge in [0.05, 0.1) is 6.61 Å². The van der Waals surface area contributed by atoms with E-state index in [4.69, 9.17) is 10.5 Å². The van der Waals surface area contributed by atoms with Crippen LogP contribution in [0.4, 0.5) is 14.5 Å². The number of halogens is 2. The Morgan fingerprint density at radius 3 is 2.63 bits per heavy atom. The zero-order valence-corrected chi connectivity index (χ0v) is 10.6. The second kappa shape index (κ2) is 5.52. The van der Waals surface area contributed by atoms with Gasteiger partial charge in [-0.3, -0.25) is 4.79 Å². The lowest BCUT2D eigenvalue weighted by Gasteiger charge is -2.19. The average molecular weight is 270 g/mol. The molecule has 0 aliphatic carbocycles. The van der Waals surface area contributed by atoms with Crippen molar-refractivity contribution in [2.75, 3.05) is 18.9 Å². The molecule has 0 spiro atoms. The second-order valence-corrected chi connectivity index (χ2v) is 4.74. The molecule has 2 rings (SSSR count). The molecule has 4 nitrogen and oxygen atoms in total. The van der Waals surface area contributed by atoms with E-state index < -0.39 is 23.2 Å². The van der Waals surface area contributed by atoms with E-state index in [0.717, 1.165) is 18.6 Å². The van der Waals surface area contributed by atoms with E-state index >= 15 is 0 Å². The summed E-state index contributed by atoms with van der Waals surface area (Å²) in [6, 6.07) is 1.76. The molecule has 1 fully saturated rings. The number of rotatable bonds is 3. The van der Waals surface area contributed by atoms with Crippen LogP contribution >= 0.6 is 0 Å². The van der Waals surface area contributed by atoms with E-state index in [9.17, 15) is 13.6 Å². The summed E-state index contributed by atoms with van der Waals surface area (Å²) in [6.45, 7) is 3.11. The summed E-state index contributed by atoms with van der Waals surface area (Å²) in [5.41, 5.74) is 4.50. The molecule has 1 amide bonds. The molecule has 104 valence electrons. The van der Waals surface area contributed by atoms with Crippen LogP contribution in [-0.4, -0.2) is 25.2 Å². The number of hydrogen-bond acceptors (Lipinski definition) is 3. The maximum Gasteiger partial charge on any atom is 0.251 e. The number of benzene rings is 1. The number of nitrogen functional groups attached to an aromatic ring is 1. The van der Waals surface area contributed by atoms with Gasteiger partial charge < -0.3 is 15.8 Å². The van der Waals surface area contributed by atoms with Gasteiger partial charge in [0.1, 0.15) is 17.3 Å². The molecule has 0 bridgehead atoms. The van der Waals surface area contributed by atoms with E-state index in [-0.39, 0.29) is 17.5 Å². The van der Waals surface area contributed by atoms with Gasteiger partial charge >= 0.3 is 0 Å². The summed E-state index contributed by atoms with van der Waals surface area (Å²) < 4.78 is 31.8. The molecule has 1 aromatic carbocycles. The first-order valence-electron chi connectivity index (χ1n) is 6.12. The second-order valence-electron chi connectivity index (χ2n) is 4.74. The molecule has 19 heavy (non-hydrogen) atoms. The first-order valence-corrected chi connectivity index (χ1v) is 6.12. The van der Waals surface area contributed by atoms with Gasteiger partial charge in [-0.05, 0) is 25.5 Å². The number of hydrogen-bond donors (Lipinski definition) is 2. The molecule has 2 unspecified atom stereocenters. The van der Waals surface area contributed by atoms with Crippen LogP contribution < -0.4 is 11.1 Å². The summed E-state index contributed by atoms with van der Waals surface area (Å²) in [4.78, 5) is 11.9. The van der Waals surface area contributed by atoms with E-state index in [0.29, 0.717) is 13.2 Å². The average Bonchev–Trinajstić information content (AvgIpc) is 2.89. The molecule has 1 aliphatic heterocycles. The Labute approximate surface area is 109 Å². The van der Waals surface area contributed by atoms with Crippen molar-refractivity contribution in [3.8, 4) is 0 Å². The molecule has 1 saturated heterocycles. The van der Waals surface area contributed by atoms with Crippen LogP contribution in [0.1, 0.15) is 23.7 Å². The van der Waals surface area contributed by atoms with Gasteiger partial charge in [0.15, 0.2) is 0 Å². The molecular weight excluding hydrogens is 254 g/mol. The third kappa shape index (κ3) is 3.01. The minimum absolute atomic E-state index is 0.0741. The van der Waals surface area contributed by atoms with Gasteiger partial charge in [0, 0.05) is 24.1 Å². The number of carbonyl (C=O) groups excluding carboxylic acids is 1. The standard InChI is InChI=1S/C13H16F2N2O2/c1-7(8-2-3-19-6-8)17-13(18)9-4-10(14)12(16)11(15)5-9/h4-5,7-8H,2-3,6,16H2,1H3,(H,17,18). The number of ether oxygens (including phenoxy) is 1. The fourth-order valence-electron chi connectivity index (χ4n) is 2.07. The maximum absolute atomic E-state index is 13.3. The lowest BCUT2D eigenvalue weighted by atomic mass is 10.0. The Bertz CT molecular complexity index is 465. The van der Waals surface area contributed by atoms with E-state index in [2.05, 4.69) is 5.32 Å². The van der Waals surface area contributed by atoms with Crippen molar-refractivity contribution in [1.82, 2.24) is 5.32 Å². The number of amides is 1. The lowest BCUT2D eigenvalue weighted by Crippen LogP contribution is -2.38. The van der Waals surface area contributed by atoms with Crippen LogP contribution in [0.5, 0.6) is 0 Å². The summed E-state index contributed by atoms with van der Waals surface area (Å²) in [6.07, 6.45) is 0.867. The highest BCUT2D eigenvalue weighted by Crippen LogP contribution is 2.19. The van der Waals surface area contributed by atoms with Crippen LogP contribution in [-0.2, 0) is 4.74 Å². The molecule has 6 heteroatoms. The summed E-state index contributed by atoms with van der Waals surface area (Å²) in [5, 5.41) is 2.72. The molecule has 0 aromatic heterocycles. The Kier molecular flexibility index (Phi) is 3.99. The summed E-state index contributed by atoms with van der Waals surface area (Å²) >= 11 is 0. The minimum Gasteiger partial charge on any atom is -0.394 e. The number of nitrogens with one attached hydrogen (secondary N) is 1. The number of anilines is 1. The van der Waals surface area contributed by atoms with Crippen molar-refractivity contribution in [2.45, 2.75) is 19.4 Å². The third-order valence-corrected chi connectivity index (χ3v) is 3.37. The van der Waals surface area contributed by atoms with Gasteiger partial charge in [-0.15, -0.1) is 0 Å². The van der Waals surface area contributed by atoms with Crippen molar-refractivity contribution in [3.05, 3.63) is 29.3 Å². The van der Waals surface area contributed by atoms with Crippen LogP contribution in [0.3, 0.4) is 0 Å².